The Hall–Kier alpha value is -3.46. The van der Waals surface area contributed by atoms with Crippen LogP contribution in [0.3, 0.4) is 0 Å². The lowest BCUT2D eigenvalue weighted by Gasteiger charge is -2.16. The zero-order chi connectivity index (χ0) is 21.6. The van der Waals surface area contributed by atoms with Crippen LogP contribution in [-0.4, -0.2) is 26.8 Å². The van der Waals surface area contributed by atoms with Gasteiger partial charge in [0.25, 0.3) is 0 Å². The first kappa shape index (κ1) is 21.3. The van der Waals surface area contributed by atoms with Gasteiger partial charge < -0.3 is 15.1 Å². The molecule has 1 aromatic heterocycles. The molecule has 0 fully saturated rings. The number of benzene rings is 2. The highest BCUT2D eigenvalue weighted by atomic mass is 32.2. The smallest absolute Gasteiger partial charge is 0.309 e. The van der Waals surface area contributed by atoms with Gasteiger partial charge in [0.1, 0.15) is 16.8 Å². The fourth-order valence-corrected chi connectivity index (χ4v) is 4.38. The summed E-state index contributed by atoms with van der Waals surface area (Å²) < 4.78 is 44.9. The molecule has 0 bridgehead atoms. The molecule has 1 heterocycles. The van der Waals surface area contributed by atoms with E-state index in [4.69, 9.17) is 4.42 Å². The maximum Gasteiger partial charge on any atom is 0.309 e. The third-order valence-electron chi connectivity index (χ3n) is 4.36. The molecule has 0 saturated carbocycles. The van der Waals surface area contributed by atoms with Gasteiger partial charge in [-0.05, 0) is 30.3 Å². The van der Waals surface area contributed by atoms with Crippen molar-refractivity contribution < 1.29 is 26.8 Å². The summed E-state index contributed by atoms with van der Waals surface area (Å²) >= 11 is 0. The number of sulfone groups is 1. The summed E-state index contributed by atoms with van der Waals surface area (Å²) in [5.41, 5.74) is 0.221. The lowest BCUT2D eigenvalue weighted by atomic mass is 10.2. The van der Waals surface area contributed by atoms with Crippen LogP contribution in [0.2, 0.25) is 0 Å². The van der Waals surface area contributed by atoms with E-state index in [9.17, 15) is 22.4 Å². The Bertz CT molecular complexity index is 1120. The van der Waals surface area contributed by atoms with Crippen molar-refractivity contribution in [3.05, 3.63) is 90.1 Å². The van der Waals surface area contributed by atoms with Gasteiger partial charge in [-0.1, -0.05) is 36.4 Å². The Morgan fingerprint density at radius 2 is 1.57 bits per heavy atom. The van der Waals surface area contributed by atoms with Gasteiger partial charge in [0.2, 0.25) is 0 Å². The van der Waals surface area contributed by atoms with Crippen molar-refractivity contribution in [3.8, 4) is 0 Å². The molecular formula is C21H19FN2O5S. The van der Waals surface area contributed by atoms with Crippen LogP contribution in [0, 0.1) is 5.82 Å². The van der Waals surface area contributed by atoms with E-state index in [2.05, 4.69) is 10.6 Å². The van der Waals surface area contributed by atoms with E-state index in [1.807, 2.05) is 0 Å². The molecule has 0 unspecified atom stereocenters. The number of furan rings is 1. The van der Waals surface area contributed by atoms with E-state index < -0.39 is 32.7 Å². The van der Waals surface area contributed by atoms with E-state index in [0.29, 0.717) is 0 Å². The number of hydrogen-bond donors (Lipinski definition) is 2. The van der Waals surface area contributed by atoms with Gasteiger partial charge in [0.15, 0.2) is 9.84 Å². The fourth-order valence-electron chi connectivity index (χ4n) is 2.78. The highest BCUT2D eigenvalue weighted by Crippen LogP contribution is 2.28. The van der Waals surface area contributed by atoms with Crippen LogP contribution in [0.25, 0.3) is 0 Å². The molecule has 2 amide bonds. The Labute approximate surface area is 172 Å². The fraction of sp³-hybridized carbons (Fsp3) is 0.143. The topological polar surface area (TPSA) is 105 Å². The first-order valence-corrected chi connectivity index (χ1v) is 10.6. The summed E-state index contributed by atoms with van der Waals surface area (Å²) in [4.78, 5) is 24.2. The van der Waals surface area contributed by atoms with Gasteiger partial charge in [-0.3, -0.25) is 9.59 Å². The molecule has 3 aromatic rings. The van der Waals surface area contributed by atoms with E-state index in [1.54, 1.807) is 24.3 Å². The first-order chi connectivity index (χ1) is 14.4. The number of carbonyl (C=O) groups excluding carboxylic acids is 2. The van der Waals surface area contributed by atoms with Crippen molar-refractivity contribution in [2.45, 2.75) is 16.7 Å². The zero-order valence-electron chi connectivity index (χ0n) is 15.7. The van der Waals surface area contributed by atoms with Gasteiger partial charge in [0, 0.05) is 18.7 Å². The summed E-state index contributed by atoms with van der Waals surface area (Å²) in [5, 5.41) is 3.39. The summed E-state index contributed by atoms with van der Waals surface area (Å²) in [5.74, 6) is -2.42. The van der Waals surface area contributed by atoms with Crippen molar-refractivity contribution in [2.75, 3.05) is 6.54 Å². The monoisotopic (exact) mass is 430 g/mol. The number of nitrogens with one attached hydrogen (secondary N) is 2. The van der Waals surface area contributed by atoms with Crippen LogP contribution in [0.5, 0.6) is 0 Å². The van der Waals surface area contributed by atoms with Crippen molar-refractivity contribution >= 4 is 21.7 Å². The quantitative estimate of drug-likeness (QED) is 0.560. The number of rotatable bonds is 7. The van der Waals surface area contributed by atoms with Crippen LogP contribution in [-0.2, 0) is 26.0 Å². The zero-order valence-corrected chi connectivity index (χ0v) is 16.6. The minimum Gasteiger partial charge on any atom is -0.468 e. The molecule has 0 spiro atoms. The lowest BCUT2D eigenvalue weighted by Crippen LogP contribution is -2.42. The molecule has 0 aliphatic rings. The predicted octanol–water partition coefficient (Wildman–Crippen LogP) is 2.37. The molecule has 0 aliphatic carbocycles. The summed E-state index contributed by atoms with van der Waals surface area (Å²) in [6.07, 6.45) is 1.33. The van der Waals surface area contributed by atoms with Crippen LogP contribution >= 0.6 is 0 Å². The molecule has 3 rings (SSSR count). The second-order valence-electron chi connectivity index (χ2n) is 6.35. The Kier molecular flexibility index (Phi) is 6.63. The van der Waals surface area contributed by atoms with Crippen LogP contribution < -0.4 is 10.6 Å². The average Bonchev–Trinajstić information content (AvgIpc) is 3.27. The van der Waals surface area contributed by atoms with Gasteiger partial charge in [-0.15, -0.1) is 0 Å². The van der Waals surface area contributed by atoms with Crippen LogP contribution in [0.4, 0.5) is 4.39 Å². The van der Waals surface area contributed by atoms with Gasteiger partial charge >= 0.3 is 11.8 Å². The number of hydrogen-bond acceptors (Lipinski definition) is 5. The number of halogens is 1. The van der Waals surface area contributed by atoms with Crippen molar-refractivity contribution in [1.29, 1.82) is 0 Å². The van der Waals surface area contributed by atoms with Crippen molar-refractivity contribution in [2.24, 2.45) is 0 Å². The van der Waals surface area contributed by atoms with Gasteiger partial charge in [-0.25, -0.2) is 12.8 Å². The highest BCUT2D eigenvalue weighted by molar-refractivity contribution is 7.91. The van der Waals surface area contributed by atoms with Crippen LogP contribution in [0.15, 0.2) is 82.3 Å². The second kappa shape index (κ2) is 9.36. The molecule has 2 aromatic carbocycles. The number of carbonyl (C=O) groups is 2. The van der Waals surface area contributed by atoms with E-state index in [1.165, 1.54) is 48.7 Å². The third kappa shape index (κ3) is 4.93. The van der Waals surface area contributed by atoms with E-state index in [-0.39, 0.29) is 29.3 Å². The Morgan fingerprint density at radius 1 is 0.900 bits per heavy atom. The third-order valence-corrected chi connectivity index (χ3v) is 6.44. The van der Waals surface area contributed by atoms with Crippen LogP contribution in [0.1, 0.15) is 16.6 Å². The van der Waals surface area contributed by atoms with E-state index in [0.717, 1.165) is 0 Å². The standard InChI is InChI=1S/C21H19FN2O5S/c22-17-10-5-4-7-15(17)13-23-20(25)21(26)24-14-19(18-11-6-12-29-18)30(27,28)16-8-2-1-3-9-16/h1-12,19H,13-14H2,(H,23,25)(H,24,26)/t19-/m1/s1. The molecule has 9 heteroatoms. The molecule has 1 atom stereocenters. The van der Waals surface area contributed by atoms with Gasteiger partial charge in [0.05, 0.1) is 11.2 Å². The SMILES string of the molecule is O=C(NCc1ccccc1F)C(=O)NC[C@H](c1ccco1)S(=O)(=O)c1ccccc1. The largest absolute Gasteiger partial charge is 0.468 e. The summed E-state index contributed by atoms with van der Waals surface area (Å²) in [6.45, 7) is -0.556. The molecule has 30 heavy (non-hydrogen) atoms. The average molecular weight is 430 g/mol. The van der Waals surface area contributed by atoms with Crippen molar-refractivity contribution in [3.63, 3.8) is 0 Å². The Morgan fingerprint density at radius 3 is 2.23 bits per heavy atom. The number of amides is 2. The molecule has 7 nitrogen and oxygen atoms in total. The molecule has 0 radical (unpaired) electrons. The molecule has 2 N–H and O–H groups in total. The minimum absolute atomic E-state index is 0.0599. The second-order valence-corrected chi connectivity index (χ2v) is 8.48. The maximum absolute atomic E-state index is 13.6. The van der Waals surface area contributed by atoms with Crippen molar-refractivity contribution in [1.82, 2.24) is 10.6 Å². The minimum atomic E-state index is -3.90. The molecular weight excluding hydrogens is 411 g/mol. The normalized spacial score (nSPS) is 12.2. The van der Waals surface area contributed by atoms with Gasteiger partial charge in [-0.2, -0.15) is 0 Å². The molecule has 156 valence electrons. The maximum atomic E-state index is 13.6. The summed E-state index contributed by atoms with van der Waals surface area (Å²) in [7, 11) is -3.90. The van der Waals surface area contributed by atoms with E-state index >= 15 is 0 Å². The Balaban J connectivity index is 1.68. The lowest BCUT2D eigenvalue weighted by molar-refractivity contribution is -0.139. The summed E-state index contributed by atoms with van der Waals surface area (Å²) in [6, 6.07) is 16.6. The highest BCUT2D eigenvalue weighted by Gasteiger charge is 2.32. The molecule has 0 saturated heterocycles. The molecule has 0 aliphatic heterocycles. The predicted molar refractivity (Wildman–Crippen MR) is 106 cm³/mol. The first-order valence-electron chi connectivity index (χ1n) is 9.01.